The van der Waals surface area contributed by atoms with Crippen LogP contribution in [0.3, 0.4) is 0 Å². The second-order valence-electron chi connectivity index (χ2n) is 10.1. The molecule has 0 bridgehead atoms. The van der Waals surface area contributed by atoms with Gasteiger partial charge in [-0.05, 0) is 69.7 Å². The van der Waals surface area contributed by atoms with Gasteiger partial charge in [0.05, 0.1) is 17.9 Å². The molecule has 2 heterocycles. The van der Waals surface area contributed by atoms with Gasteiger partial charge < -0.3 is 26.1 Å². The molecule has 0 unspecified atom stereocenters. The Morgan fingerprint density at radius 2 is 1.94 bits per heavy atom. The van der Waals surface area contributed by atoms with Crippen LogP contribution in [-0.2, 0) is 14.3 Å². The fourth-order valence-corrected chi connectivity index (χ4v) is 4.25. The van der Waals surface area contributed by atoms with Crippen molar-refractivity contribution in [2.24, 2.45) is 5.92 Å². The van der Waals surface area contributed by atoms with E-state index in [1.165, 1.54) is 12.4 Å². The summed E-state index contributed by atoms with van der Waals surface area (Å²) in [6.07, 6.45) is 3.47. The number of amides is 3. The highest BCUT2D eigenvalue weighted by Crippen LogP contribution is 2.36. The number of benzene rings is 1. The SMILES string of the molecule is Cc1cc(NC(=O)C(=O)N2C[C@H](C)CC[C@H]2c2cccc(N)c2C=N)cnc1NC(=O)OC(C)(C)C. The van der Waals surface area contributed by atoms with Crippen molar-refractivity contribution in [3.63, 3.8) is 0 Å². The summed E-state index contributed by atoms with van der Waals surface area (Å²) in [5, 5.41) is 13.0. The first-order chi connectivity index (χ1) is 16.9. The Morgan fingerprint density at radius 3 is 2.58 bits per heavy atom. The van der Waals surface area contributed by atoms with Crippen LogP contribution in [0.4, 0.5) is 22.0 Å². The van der Waals surface area contributed by atoms with Crippen LogP contribution in [0, 0.1) is 18.3 Å². The minimum absolute atomic E-state index is 0.226. The summed E-state index contributed by atoms with van der Waals surface area (Å²) in [5.41, 5.74) is 8.10. The molecule has 5 N–H and O–H groups in total. The molecule has 10 nitrogen and oxygen atoms in total. The van der Waals surface area contributed by atoms with Gasteiger partial charge >= 0.3 is 17.9 Å². The number of carbonyl (C=O) groups excluding carboxylic acids is 3. The molecule has 2 aromatic rings. The first kappa shape index (κ1) is 26.7. The summed E-state index contributed by atoms with van der Waals surface area (Å²) >= 11 is 0. The molecule has 0 aliphatic carbocycles. The number of nitrogens with zero attached hydrogens (tertiary/aromatic N) is 2. The fourth-order valence-electron chi connectivity index (χ4n) is 4.25. The molecule has 1 aliphatic rings. The normalized spacial score (nSPS) is 17.8. The molecular weight excluding hydrogens is 460 g/mol. The highest BCUT2D eigenvalue weighted by Gasteiger charge is 2.35. The Labute approximate surface area is 211 Å². The number of aryl methyl sites for hydroxylation is 1. The predicted molar refractivity (Wildman–Crippen MR) is 139 cm³/mol. The summed E-state index contributed by atoms with van der Waals surface area (Å²) < 4.78 is 5.24. The number of aromatic nitrogens is 1. The maximum absolute atomic E-state index is 13.3. The molecule has 1 aliphatic heterocycles. The van der Waals surface area contributed by atoms with Crippen LogP contribution in [-0.4, -0.2) is 46.2 Å². The van der Waals surface area contributed by atoms with Crippen LogP contribution >= 0.6 is 0 Å². The Morgan fingerprint density at radius 1 is 1.22 bits per heavy atom. The molecule has 1 aromatic heterocycles. The number of likely N-dealkylation sites (tertiary alicyclic amines) is 1. The van der Waals surface area contributed by atoms with Gasteiger partial charge in [0.1, 0.15) is 11.4 Å². The second kappa shape index (κ2) is 10.8. The maximum atomic E-state index is 13.3. The van der Waals surface area contributed by atoms with Gasteiger partial charge in [-0.3, -0.25) is 14.9 Å². The minimum atomic E-state index is -0.788. The van der Waals surface area contributed by atoms with Crippen molar-refractivity contribution in [2.75, 3.05) is 22.9 Å². The zero-order valence-electron chi connectivity index (χ0n) is 21.3. The Bertz CT molecular complexity index is 1170. The Balaban J connectivity index is 1.76. The number of carbonyl (C=O) groups is 3. The van der Waals surface area contributed by atoms with Crippen molar-refractivity contribution in [1.82, 2.24) is 9.88 Å². The number of ether oxygens (including phenoxy) is 1. The number of hydrogen-bond donors (Lipinski definition) is 4. The third-order valence-corrected chi connectivity index (χ3v) is 5.90. The first-order valence-electron chi connectivity index (χ1n) is 11.9. The molecular formula is C26H34N6O4. The predicted octanol–water partition coefficient (Wildman–Crippen LogP) is 4.26. The number of nitrogen functional groups attached to an aromatic ring is 1. The molecule has 1 fully saturated rings. The average Bonchev–Trinajstić information content (AvgIpc) is 2.79. The van der Waals surface area contributed by atoms with Crippen molar-refractivity contribution in [2.45, 2.75) is 59.1 Å². The van der Waals surface area contributed by atoms with Crippen LogP contribution < -0.4 is 16.4 Å². The molecule has 10 heteroatoms. The summed E-state index contributed by atoms with van der Waals surface area (Å²) in [6.45, 7) is 9.45. The van der Waals surface area contributed by atoms with E-state index in [-0.39, 0.29) is 12.0 Å². The largest absolute Gasteiger partial charge is 0.444 e. The van der Waals surface area contributed by atoms with Gasteiger partial charge in [-0.1, -0.05) is 19.1 Å². The van der Waals surface area contributed by atoms with E-state index < -0.39 is 23.5 Å². The molecule has 3 rings (SSSR count). The molecule has 36 heavy (non-hydrogen) atoms. The lowest BCUT2D eigenvalue weighted by Gasteiger charge is -2.39. The molecule has 1 aromatic carbocycles. The van der Waals surface area contributed by atoms with Gasteiger partial charge in [0, 0.05) is 24.0 Å². The first-order valence-corrected chi connectivity index (χ1v) is 11.9. The van der Waals surface area contributed by atoms with Gasteiger partial charge in [-0.25, -0.2) is 9.78 Å². The number of rotatable bonds is 4. The van der Waals surface area contributed by atoms with Crippen molar-refractivity contribution in [3.05, 3.63) is 47.2 Å². The van der Waals surface area contributed by atoms with Crippen LogP contribution in [0.1, 0.15) is 63.3 Å². The summed E-state index contributed by atoms with van der Waals surface area (Å²) in [7, 11) is 0. The van der Waals surface area contributed by atoms with E-state index >= 15 is 0 Å². The summed E-state index contributed by atoms with van der Waals surface area (Å²) in [5.74, 6) is -0.939. The van der Waals surface area contributed by atoms with E-state index in [2.05, 4.69) is 15.6 Å². The lowest BCUT2D eigenvalue weighted by molar-refractivity contribution is -0.146. The molecule has 0 radical (unpaired) electrons. The number of anilines is 3. The topological polar surface area (TPSA) is 150 Å². The lowest BCUT2D eigenvalue weighted by atomic mass is 9.87. The number of pyridine rings is 1. The smallest absolute Gasteiger partial charge is 0.413 e. The van der Waals surface area contributed by atoms with Crippen molar-refractivity contribution < 1.29 is 19.1 Å². The number of hydrogen-bond acceptors (Lipinski definition) is 7. The maximum Gasteiger partial charge on any atom is 0.413 e. The standard InChI is InChI=1S/C26H34N6O4/c1-15-9-10-21(18-7-6-8-20(28)19(18)12-27)32(14-15)24(34)23(33)30-17-11-16(2)22(29-13-17)31-25(35)36-26(3,4)5/h6-8,11-13,15,21,27H,9-10,14,28H2,1-5H3,(H,30,33)(H,29,31,35)/t15-,21+/m1/s1. The van der Waals surface area contributed by atoms with E-state index in [0.29, 0.717) is 41.3 Å². The van der Waals surface area contributed by atoms with E-state index in [1.807, 2.05) is 13.0 Å². The van der Waals surface area contributed by atoms with Crippen molar-refractivity contribution in [3.8, 4) is 0 Å². The number of piperidine rings is 1. The zero-order chi connectivity index (χ0) is 26.6. The van der Waals surface area contributed by atoms with E-state index in [0.717, 1.165) is 12.0 Å². The van der Waals surface area contributed by atoms with Crippen molar-refractivity contribution in [1.29, 1.82) is 5.41 Å². The third-order valence-electron chi connectivity index (χ3n) is 5.90. The highest BCUT2D eigenvalue weighted by atomic mass is 16.6. The highest BCUT2D eigenvalue weighted by molar-refractivity contribution is 6.39. The van der Waals surface area contributed by atoms with E-state index in [1.54, 1.807) is 50.8 Å². The monoisotopic (exact) mass is 494 g/mol. The van der Waals surface area contributed by atoms with Gasteiger partial charge in [0.2, 0.25) is 0 Å². The molecule has 0 saturated carbocycles. The Hall–Kier alpha value is -3.95. The summed E-state index contributed by atoms with van der Waals surface area (Å²) in [6, 6.07) is 6.61. The van der Waals surface area contributed by atoms with Crippen LogP contribution in [0.15, 0.2) is 30.5 Å². The number of nitrogens with one attached hydrogen (secondary N) is 3. The van der Waals surface area contributed by atoms with E-state index in [9.17, 15) is 14.4 Å². The zero-order valence-corrected chi connectivity index (χ0v) is 21.3. The lowest BCUT2D eigenvalue weighted by Crippen LogP contribution is -2.46. The van der Waals surface area contributed by atoms with Crippen LogP contribution in [0.25, 0.3) is 0 Å². The van der Waals surface area contributed by atoms with Gasteiger partial charge in [-0.2, -0.15) is 0 Å². The van der Waals surface area contributed by atoms with Crippen LogP contribution in [0.2, 0.25) is 0 Å². The van der Waals surface area contributed by atoms with Crippen molar-refractivity contribution >= 4 is 41.3 Å². The second-order valence-corrected chi connectivity index (χ2v) is 10.1. The molecule has 1 saturated heterocycles. The van der Waals surface area contributed by atoms with Crippen LogP contribution in [0.5, 0.6) is 0 Å². The molecule has 2 atom stereocenters. The van der Waals surface area contributed by atoms with Gasteiger partial charge in [0.25, 0.3) is 0 Å². The third kappa shape index (κ3) is 6.38. The molecule has 3 amide bonds. The fraction of sp³-hybridized carbons (Fsp3) is 0.423. The van der Waals surface area contributed by atoms with Gasteiger partial charge in [-0.15, -0.1) is 0 Å². The molecule has 192 valence electrons. The number of nitrogens with two attached hydrogens (primary N) is 1. The van der Waals surface area contributed by atoms with Gasteiger partial charge in [0.15, 0.2) is 0 Å². The van der Waals surface area contributed by atoms with E-state index in [4.69, 9.17) is 15.9 Å². The minimum Gasteiger partial charge on any atom is -0.444 e. The quantitative estimate of drug-likeness (QED) is 0.283. The summed E-state index contributed by atoms with van der Waals surface area (Å²) in [4.78, 5) is 44.0. The Kier molecular flexibility index (Phi) is 7.96. The average molecular weight is 495 g/mol. The molecule has 0 spiro atoms.